The number of phosphoric ester groups is 1. The van der Waals surface area contributed by atoms with E-state index in [0.717, 1.165) is 48.9 Å². The lowest BCUT2D eigenvalue weighted by molar-refractivity contribution is -0.120. The molecule has 0 bridgehead atoms. The fourth-order valence-corrected chi connectivity index (χ4v) is 3.01. The third kappa shape index (κ3) is 7.08. The van der Waals surface area contributed by atoms with Crippen LogP contribution in [0.2, 0.25) is 0 Å². The van der Waals surface area contributed by atoms with Crippen LogP contribution in [0.4, 0.5) is 0 Å². The van der Waals surface area contributed by atoms with E-state index in [2.05, 4.69) is 27.0 Å². The summed E-state index contributed by atoms with van der Waals surface area (Å²) in [6.45, 7) is 0.715. The maximum Gasteiger partial charge on any atom is 0.471 e. The summed E-state index contributed by atoms with van der Waals surface area (Å²) < 4.78 is 20.1. The third-order valence-corrected chi connectivity index (χ3v) is 4.86. The van der Waals surface area contributed by atoms with E-state index in [9.17, 15) is 9.36 Å². The molecule has 0 saturated heterocycles. The molecule has 2 N–H and O–H groups in total. The topological polar surface area (TPSA) is 97.8 Å². The molecule has 1 heterocycles. The minimum Gasteiger partial charge on any atom is -0.356 e. The maximum absolute atomic E-state index is 12.0. The summed E-state index contributed by atoms with van der Waals surface area (Å²) in [5.41, 5.74) is 0.773. The van der Waals surface area contributed by atoms with E-state index in [1.807, 2.05) is 12.3 Å². The molecule has 0 aliphatic heterocycles. The summed E-state index contributed by atoms with van der Waals surface area (Å²) in [5.74, 6) is -0.0530. The molecule has 1 aromatic rings. The second-order valence-corrected chi connectivity index (χ2v) is 7.42. The minimum absolute atomic E-state index is 0. The van der Waals surface area contributed by atoms with Crippen LogP contribution in [-0.4, -0.2) is 36.0 Å². The molecule has 140 valence electrons. The normalized spacial score (nSPS) is 15.4. The molecule has 0 aromatic carbocycles. The number of nitrogens with one attached hydrogen (secondary N) is 1. The Balaban J connectivity index is 0.00000338. The van der Waals surface area contributed by atoms with E-state index in [0.29, 0.717) is 13.0 Å². The van der Waals surface area contributed by atoms with E-state index < -0.39 is 7.82 Å². The van der Waals surface area contributed by atoms with Gasteiger partial charge in [0.1, 0.15) is 0 Å². The quantitative estimate of drug-likeness (QED) is 0.476. The average molecular weight is 370 g/mol. The van der Waals surface area contributed by atoms with Crippen molar-refractivity contribution in [1.82, 2.24) is 10.3 Å². The van der Waals surface area contributed by atoms with Gasteiger partial charge in [0.05, 0.1) is 18.7 Å². The summed E-state index contributed by atoms with van der Waals surface area (Å²) in [4.78, 5) is 25.4. The van der Waals surface area contributed by atoms with Crippen molar-refractivity contribution >= 4 is 25.9 Å². The van der Waals surface area contributed by atoms with Gasteiger partial charge in [-0.3, -0.25) is 18.8 Å². The summed E-state index contributed by atoms with van der Waals surface area (Å²) >= 11 is 0. The van der Waals surface area contributed by atoms with Gasteiger partial charge in [0.2, 0.25) is 5.91 Å². The Morgan fingerprint density at radius 1 is 1.32 bits per heavy atom. The van der Waals surface area contributed by atoms with Crippen molar-refractivity contribution in [2.75, 3.05) is 20.3 Å². The van der Waals surface area contributed by atoms with Gasteiger partial charge in [0.15, 0.2) is 0 Å². The van der Waals surface area contributed by atoms with Crippen LogP contribution in [0.25, 0.3) is 12.2 Å². The lowest BCUT2D eigenvalue weighted by Crippen LogP contribution is -2.30. The first kappa shape index (κ1) is 19.8. The Labute approximate surface area is 148 Å². The molecular formula is C17H27N2O5P. The highest BCUT2D eigenvalue weighted by atomic mass is 31.2. The second kappa shape index (κ2) is 9.82. The zero-order valence-corrected chi connectivity index (χ0v) is 15.3. The van der Waals surface area contributed by atoms with Gasteiger partial charge >= 0.3 is 7.82 Å². The Kier molecular flexibility index (Phi) is 7.78. The molecule has 25 heavy (non-hydrogen) atoms. The van der Waals surface area contributed by atoms with Crippen LogP contribution in [0.15, 0.2) is 12.3 Å². The largest absolute Gasteiger partial charge is 0.471 e. The highest BCUT2D eigenvalue weighted by Gasteiger charge is 2.17. The molecule has 1 aliphatic rings. The number of fused-ring (bicyclic) bond motifs is 1. The first-order valence-electron chi connectivity index (χ1n) is 8.45. The molecule has 0 radical (unpaired) electrons. The number of unbranched alkanes of at least 4 members (excludes halogenated alkanes) is 2. The molecule has 1 unspecified atom stereocenters. The van der Waals surface area contributed by atoms with E-state index in [1.54, 1.807) is 0 Å². The van der Waals surface area contributed by atoms with Crippen LogP contribution in [0.5, 0.6) is 0 Å². The van der Waals surface area contributed by atoms with Crippen LogP contribution in [-0.2, 0) is 24.8 Å². The summed E-state index contributed by atoms with van der Waals surface area (Å²) in [6.07, 6.45) is 10.7. The number of amides is 1. The molecule has 2 rings (SSSR count). The van der Waals surface area contributed by atoms with Crippen molar-refractivity contribution in [3.8, 4) is 0 Å². The fraction of sp³-hybridized carbons (Fsp3) is 0.529. The molecule has 1 aliphatic carbocycles. The van der Waals surface area contributed by atoms with Crippen molar-refractivity contribution < 1.29 is 24.7 Å². The van der Waals surface area contributed by atoms with Gasteiger partial charge in [-0.05, 0) is 48.6 Å². The van der Waals surface area contributed by atoms with Gasteiger partial charge in [0, 0.05) is 21.3 Å². The summed E-state index contributed by atoms with van der Waals surface area (Å²) in [5, 5.41) is 5.15. The van der Waals surface area contributed by atoms with Crippen molar-refractivity contribution in [3.63, 3.8) is 0 Å². The Morgan fingerprint density at radius 2 is 2.08 bits per heavy atom. The predicted octanol–water partition coefficient (Wildman–Crippen LogP) is 1.27. The number of hydrogen-bond acceptors (Lipinski definition) is 5. The third-order valence-electron chi connectivity index (χ3n) is 3.89. The standard InChI is InChI=1S/C17H25N2O5P.H2/c1-23-25(21,22)24-10-6-2-5-9-18-17(20)12-16-11-14-7-3-4-8-15(14)13-19-16;/h7-8,11,13H,2-6,9-10,12H2,1H3,(H,18,20)(H,21,22);1H. The summed E-state index contributed by atoms with van der Waals surface area (Å²) in [7, 11) is -2.74. The molecule has 1 atom stereocenters. The van der Waals surface area contributed by atoms with Gasteiger partial charge in [0.25, 0.3) is 0 Å². The van der Waals surface area contributed by atoms with Crippen molar-refractivity contribution in [1.29, 1.82) is 0 Å². The molecule has 8 heteroatoms. The molecule has 0 saturated carbocycles. The molecule has 1 aromatic heterocycles. The van der Waals surface area contributed by atoms with Crippen LogP contribution < -0.4 is 15.8 Å². The second-order valence-electron chi connectivity index (χ2n) is 5.86. The maximum atomic E-state index is 12.0. The average Bonchev–Trinajstić information content (AvgIpc) is 2.60. The van der Waals surface area contributed by atoms with Gasteiger partial charge < -0.3 is 10.2 Å². The zero-order chi connectivity index (χ0) is 18.1. The van der Waals surface area contributed by atoms with Crippen LogP contribution in [0, 0.1) is 0 Å². The SMILES string of the molecule is COP(=O)(O)OCCCCCNC(=O)Cc1cc2c(cn1)=CCCC=2.[HH]. The minimum atomic E-state index is -3.87. The molecule has 1 amide bonds. The van der Waals surface area contributed by atoms with Gasteiger partial charge in [-0.2, -0.15) is 0 Å². The number of carbonyl (C=O) groups is 1. The lowest BCUT2D eigenvalue weighted by atomic mass is 10.1. The van der Waals surface area contributed by atoms with Crippen LogP contribution in [0.1, 0.15) is 39.2 Å². The lowest BCUT2D eigenvalue weighted by Gasteiger charge is -2.09. The number of carbonyl (C=O) groups excluding carboxylic acids is 1. The van der Waals surface area contributed by atoms with Gasteiger partial charge in [-0.15, -0.1) is 0 Å². The molecule has 7 nitrogen and oxygen atoms in total. The zero-order valence-electron chi connectivity index (χ0n) is 14.4. The first-order valence-corrected chi connectivity index (χ1v) is 9.95. The van der Waals surface area contributed by atoms with E-state index in [1.165, 1.54) is 0 Å². The monoisotopic (exact) mass is 370 g/mol. The summed E-state index contributed by atoms with van der Waals surface area (Å²) in [6, 6.07) is 1.98. The number of phosphoric acid groups is 1. The smallest absolute Gasteiger partial charge is 0.356 e. The fourth-order valence-electron chi connectivity index (χ4n) is 2.54. The number of hydrogen-bond donors (Lipinski definition) is 2. The number of rotatable bonds is 10. The Morgan fingerprint density at radius 3 is 2.84 bits per heavy atom. The number of aromatic nitrogens is 1. The van der Waals surface area contributed by atoms with E-state index in [4.69, 9.17) is 9.42 Å². The predicted molar refractivity (Wildman–Crippen MR) is 97.1 cm³/mol. The van der Waals surface area contributed by atoms with Crippen molar-refractivity contribution in [2.24, 2.45) is 0 Å². The molecule has 0 spiro atoms. The first-order chi connectivity index (χ1) is 12.0. The van der Waals surface area contributed by atoms with Gasteiger partial charge in [-0.25, -0.2) is 4.57 Å². The highest BCUT2D eigenvalue weighted by molar-refractivity contribution is 7.47. The molecule has 0 fully saturated rings. The van der Waals surface area contributed by atoms with Crippen LogP contribution in [0.3, 0.4) is 0 Å². The Hall–Kier alpha value is -1.53. The van der Waals surface area contributed by atoms with Gasteiger partial charge in [-0.1, -0.05) is 12.2 Å². The highest BCUT2D eigenvalue weighted by Crippen LogP contribution is 2.41. The van der Waals surface area contributed by atoms with E-state index in [-0.39, 0.29) is 20.4 Å². The Bertz CT molecular complexity index is 756. The van der Waals surface area contributed by atoms with Crippen LogP contribution >= 0.6 is 7.82 Å². The van der Waals surface area contributed by atoms with Crippen molar-refractivity contribution in [3.05, 3.63) is 28.4 Å². The number of nitrogens with zero attached hydrogens (tertiary/aromatic N) is 1. The number of pyridine rings is 1. The van der Waals surface area contributed by atoms with E-state index >= 15 is 0 Å². The molecular weight excluding hydrogens is 343 g/mol. The van der Waals surface area contributed by atoms with Crippen molar-refractivity contribution in [2.45, 2.75) is 38.5 Å².